The van der Waals surface area contributed by atoms with Gasteiger partial charge >= 0.3 is 5.69 Å². The van der Waals surface area contributed by atoms with Crippen molar-refractivity contribution in [3.8, 4) is 5.75 Å². The van der Waals surface area contributed by atoms with Crippen LogP contribution in [0.25, 0.3) is 0 Å². The number of hydrogen-bond acceptors (Lipinski definition) is 3. The lowest BCUT2D eigenvalue weighted by atomic mass is 10.1. The Morgan fingerprint density at radius 3 is 2.43 bits per heavy atom. The Labute approximate surface area is 136 Å². The third-order valence-corrected chi connectivity index (χ3v) is 4.06. The number of hydrogen-bond donors (Lipinski definition) is 0. The summed E-state index contributed by atoms with van der Waals surface area (Å²) in [6.07, 6.45) is 2.23. The Morgan fingerprint density at radius 1 is 1.19 bits per heavy atom. The van der Waals surface area contributed by atoms with Gasteiger partial charge in [-0.1, -0.05) is 12.1 Å². The normalized spacial score (nSPS) is 10.6. The number of halogens is 1. The second kappa shape index (κ2) is 6.93. The predicted molar refractivity (Wildman–Crippen MR) is 90.1 cm³/mol. The van der Waals surface area contributed by atoms with Crippen LogP contribution in [0.2, 0.25) is 0 Å². The Bertz CT molecular complexity index is 732. The maximum atomic E-state index is 12.2. The minimum atomic E-state index is -0.253. The monoisotopic (exact) mass is 400 g/mol. The SMILES string of the molecule is CCn1cc(I)c(=O)n(CCc2ccc(OC)cc2)c1=O. The quantitative estimate of drug-likeness (QED) is 0.721. The second-order valence-corrected chi connectivity index (χ2v) is 5.76. The molecule has 1 aromatic heterocycles. The zero-order chi connectivity index (χ0) is 15.4. The number of methoxy groups -OCH3 is 1. The van der Waals surface area contributed by atoms with Crippen LogP contribution in [0.5, 0.6) is 5.75 Å². The summed E-state index contributed by atoms with van der Waals surface area (Å²) in [5.74, 6) is 0.790. The molecule has 2 rings (SSSR count). The topological polar surface area (TPSA) is 53.2 Å². The molecule has 0 bridgehead atoms. The van der Waals surface area contributed by atoms with Crippen molar-refractivity contribution in [1.29, 1.82) is 0 Å². The Balaban J connectivity index is 2.25. The summed E-state index contributed by atoms with van der Waals surface area (Å²) in [4.78, 5) is 24.3. The van der Waals surface area contributed by atoms with Gasteiger partial charge in [-0.25, -0.2) is 4.79 Å². The molecular weight excluding hydrogens is 383 g/mol. The maximum absolute atomic E-state index is 12.2. The lowest BCUT2D eigenvalue weighted by molar-refractivity contribution is 0.414. The van der Waals surface area contributed by atoms with Gasteiger partial charge in [0.2, 0.25) is 0 Å². The standard InChI is InChI=1S/C15H17IN2O3/c1-3-17-10-13(16)14(19)18(15(17)20)9-8-11-4-6-12(21-2)7-5-11/h4-7,10H,3,8-9H2,1-2H3. The summed E-state index contributed by atoms with van der Waals surface area (Å²) in [7, 11) is 1.62. The van der Waals surface area contributed by atoms with Gasteiger partial charge in [0.1, 0.15) is 5.75 Å². The molecule has 1 aromatic carbocycles. The fourth-order valence-electron chi connectivity index (χ4n) is 2.07. The first-order valence-corrected chi connectivity index (χ1v) is 7.77. The maximum Gasteiger partial charge on any atom is 0.331 e. The molecule has 6 heteroatoms. The van der Waals surface area contributed by atoms with Gasteiger partial charge in [0.05, 0.1) is 10.7 Å². The van der Waals surface area contributed by atoms with Crippen LogP contribution in [0.15, 0.2) is 40.1 Å². The van der Waals surface area contributed by atoms with Gasteiger partial charge in [-0.15, -0.1) is 0 Å². The second-order valence-electron chi connectivity index (χ2n) is 4.60. The lowest BCUT2D eigenvalue weighted by Gasteiger charge is -2.10. The van der Waals surface area contributed by atoms with Gasteiger partial charge in [0.15, 0.2) is 0 Å². The number of rotatable bonds is 5. The summed E-state index contributed by atoms with van der Waals surface area (Å²) in [6.45, 7) is 2.81. The van der Waals surface area contributed by atoms with Gasteiger partial charge in [-0.05, 0) is 53.6 Å². The molecule has 0 radical (unpaired) electrons. The van der Waals surface area contributed by atoms with E-state index in [9.17, 15) is 9.59 Å². The number of aromatic nitrogens is 2. The molecule has 0 N–H and O–H groups in total. The first-order chi connectivity index (χ1) is 10.1. The highest BCUT2D eigenvalue weighted by molar-refractivity contribution is 14.1. The van der Waals surface area contributed by atoms with Crippen LogP contribution in [-0.4, -0.2) is 16.2 Å². The fourth-order valence-corrected chi connectivity index (χ4v) is 2.70. The number of benzene rings is 1. The molecule has 0 aliphatic rings. The molecule has 5 nitrogen and oxygen atoms in total. The van der Waals surface area contributed by atoms with Crippen molar-refractivity contribution in [3.63, 3.8) is 0 Å². The molecular formula is C15H17IN2O3. The first kappa shape index (κ1) is 15.8. The van der Waals surface area contributed by atoms with Crippen molar-refractivity contribution >= 4 is 22.6 Å². The van der Waals surface area contributed by atoms with Crippen LogP contribution in [0.1, 0.15) is 12.5 Å². The minimum absolute atomic E-state index is 0.223. The molecule has 0 saturated carbocycles. The molecule has 0 unspecified atom stereocenters. The zero-order valence-corrected chi connectivity index (χ0v) is 14.2. The van der Waals surface area contributed by atoms with E-state index < -0.39 is 0 Å². The van der Waals surface area contributed by atoms with E-state index in [1.165, 1.54) is 4.57 Å². The van der Waals surface area contributed by atoms with Crippen LogP contribution in [0.4, 0.5) is 0 Å². The summed E-state index contributed by atoms with van der Waals surface area (Å²) in [5, 5.41) is 0. The fraction of sp³-hybridized carbons (Fsp3) is 0.333. The van der Waals surface area contributed by atoms with Gasteiger partial charge in [0.25, 0.3) is 5.56 Å². The van der Waals surface area contributed by atoms with Gasteiger partial charge in [-0.3, -0.25) is 13.9 Å². The summed E-state index contributed by atoms with van der Waals surface area (Å²) < 4.78 is 8.52. The van der Waals surface area contributed by atoms with Crippen LogP contribution in [-0.2, 0) is 19.5 Å². The van der Waals surface area contributed by atoms with Crippen molar-refractivity contribution in [3.05, 3.63) is 60.4 Å². The van der Waals surface area contributed by atoms with E-state index in [1.54, 1.807) is 17.9 Å². The van der Waals surface area contributed by atoms with Crippen LogP contribution < -0.4 is 16.0 Å². The molecule has 0 aliphatic heterocycles. The highest BCUT2D eigenvalue weighted by Crippen LogP contribution is 2.11. The van der Waals surface area contributed by atoms with Crippen molar-refractivity contribution in [1.82, 2.24) is 9.13 Å². The van der Waals surface area contributed by atoms with E-state index in [2.05, 4.69) is 0 Å². The number of nitrogens with zero attached hydrogens (tertiary/aromatic N) is 2. The van der Waals surface area contributed by atoms with Crippen LogP contribution in [0, 0.1) is 3.57 Å². The summed E-state index contributed by atoms with van der Waals surface area (Å²) in [6, 6.07) is 7.63. The van der Waals surface area contributed by atoms with E-state index in [4.69, 9.17) is 4.74 Å². The molecule has 0 atom stereocenters. The van der Waals surface area contributed by atoms with E-state index in [-0.39, 0.29) is 11.2 Å². The van der Waals surface area contributed by atoms with Crippen molar-refractivity contribution < 1.29 is 4.74 Å². The van der Waals surface area contributed by atoms with Gasteiger partial charge < -0.3 is 4.74 Å². The van der Waals surface area contributed by atoms with Crippen LogP contribution >= 0.6 is 22.6 Å². The van der Waals surface area contributed by atoms with E-state index in [1.807, 2.05) is 53.8 Å². The summed E-state index contributed by atoms with van der Waals surface area (Å²) >= 11 is 1.97. The third kappa shape index (κ3) is 3.55. The molecule has 21 heavy (non-hydrogen) atoms. The average Bonchev–Trinajstić information content (AvgIpc) is 2.51. The smallest absolute Gasteiger partial charge is 0.331 e. The lowest BCUT2D eigenvalue weighted by Crippen LogP contribution is -2.41. The molecule has 2 aromatic rings. The molecule has 1 heterocycles. The third-order valence-electron chi connectivity index (χ3n) is 3.32. The molecule has 0 amide bonds. The Kier molecular flexibility index (Phi) is 5.22. The number of ether oxygens (including phenoxy) is 1. The van der Waals surface area contributed by atoms with E-state index in [0.717, 1.165) is 11.3 Å². The Morgan fingerprint density at radius 2 is 1.86 bits per heavy atom. The zero-order valence-electron chi connectivity index (χ0n) is 12.0. The highest BCUT2D eigenvalue weighted by atomic mass is 127. The Hall–Kier alpha value is -1.57. The van der Waals surface area contributed by atoms with Gasteiger partial charge in [0, 0.05) is 19.3 Å². The van der Waals surface area contributed by atoms with Crippen molar-refractivity contribution in [2.75, 3.05) is 7.11 Å². The largest absolute Gasteiger partial charge is 0.497 e. The number of aryl methyl sites for hydroxylation is 2. The van der Waals surface area contributed by atoms with Crippen molar-refractivity contribution in [2.45, 2.75) is 26.4 Å². The first-order valence-electron chi connectivity index (χ1n) is 6.69. The van der Waals surface area contributed by atoms with Crippen molar-refractivity contribution in [2.24, 2.45) is 0 Å². The molecule has 0 fully saturated rings. The minimum Gasteiger partial charge on any atom is -0.497 e. The molecule has 0 aliphatic carbocycles. The summed E-state index contributed by atoms with van der Waals surface area (Å²) in [5.41, 5.74) is 0.583. The highest BCUT2D eigenvalue weighted by Gasteiger charge is 2.08. The molecule has 0 saturated heterocycles. The predicted octanol–water partition coefficient (Wildman–Crippen LogP) is 1.89. The molecule has 112 valence electrons. The van der Waals surface area contributed by atoms with Crippen LogP contribution in [0.3, 0.4) is 0 Å². The van der Waals surface area contributed by atoms with Gasteiger partial charge in [-0.2, -0.15) is 0 Å². The van der Waals surface area contributed by atoms with E-state index >= 15 is 0 Å². The molecule has 0 spiro atoms. The average molecular weight is 400 g/mol. The van der Waals surface area contributed by atoms with E-state index in [0.29, 0.717) is 23.1 Å².